The van der Waals surface area contributed by atoms with Crippen LogP contribution in [0.5, 0.6) is 0 Å². The highest BCUT2D eigenvalue weighted by atomic mass is 16.4. The van der Waals surface area contributed by atoms with Crippen LogP contribution in [0.15, 0.2) is 57.7 Å². The Bertz CT molecular complexity index is 985. The van der Waals surface area contributed by atoms with Crippen LogP contribution >= 0.6 is 0 Å². The van der Waals surface area contributed by atoms with E-state index in [0.29, 0.717) is 5.58 Å². The monoisotopic (exact) mass is 348 g/mol. The maximum Gasteiger partial charge on any atom is 0.336 e. The van der Waals surface area contributed by atoms with Gasteiger partial charge in [-0.3, -0.25) is 4.90 Å². The topological polar surface area (TPSA) is 36.7 Å². The smallest absolute Gasteiger partial charge is 0.336 e. The maximum atomic E-state index is 11.4. The van der Waals surface area contributed by atoms with Crippen LogP contribution in [0.2, 0.25) is 0 Å². The van der Waals surface area contributed by atoms with E-state index in [-0.39, 0.29) is 5.63 Å². The van der Waals surface area contributed by atoms with Crippen LogP contribution in [-0.4, -0.2) is 31.1 Å². The van der Waals surface area contributed by atoms with Crippen LogP contribution in [0, 0.1) is 13.8 Å². The summed E-state index contributed by atoms with van der Waals surface area (Å²) >= 11 is 0. The number of piperazine rings is 1. The molecule has 0 amide bonds. The minimum absolute atomic E-state index is 0.295. The van der Waals surface area contributed by atoms with Crippen molar-refractivity contribution in [2.45, 2.75) is 20.4 Å². The van der Waals surface area contributed by atoms with Gasteiger partial charge >= 0.3 is 5.63 Å². The molecule has 0 spiro atoms. The molecule has 0 unspecified atom stereocenters. The van der Waals surface area contributed by atoms with E-state index >= 15 is 0 Å². The molecule has 0 radical (unpaired) electrons. The average Bonchev–Trinajstić information content (AvgIpc) is 2.64. The highest BCUT2D eigenvalue weighted by Crippen LogP contribution is 2.24. The molecule has 2 heterocycles. The van der Waals surface area contributed by atoms with Crippen molar-refractivity contribution in [1.29, 1.82) is 0 Å². The molecule has 0 saturated carbocycles. The Hall–Kier alpha value is -2.59. The third-order valence-corrected chi connectivity index (χ3v) is 5.38. The van der Waals surface area contributed by atoms with Gasteiger partial charge in [-0.2, -0.15) is 0 Å². The summed E-state index contributed by atoms with van der Waals surface area (Å²) in [5, 5.41) is 0.966. The van der Waals surface area contributed by atoms with Gasteiger partial charge in [0.05, 0.1) is 0 Å². The van der Waals surface area contributed by atoms with Gasteiger partial charge < -0.3 is 9.32 Å². The summed E-state index contributed by atoms with van der Waals surface area (Å²) in [6.07, 6.45) is 0. The van der Waals surface area contributed by atoms with Crippen LogP contribution in [-0.2, 0) is 6.54 Å². The Morgan fingerprint density at radius 1 is 0.962 bits per heavy atom. The number of nitrogens with zero attached hydrogens (tertiary/aromatic N) is 2. The quantitative estimate of drug-likeness (QED) is 0.676. The van der Waals surface area contributed by atoms with E-state index in [1.54, 1.807) is 0 Å². The van der Waals surface area contributed by atoms with Gasteiger partial charge in [0.25, 0.3) is 0 Å². The summed E-state index contributed by atoms with van der Waals surface area (Å²) in [5.74, 6) is 0. The summed E-state index contributed by atoms with van der Waals surface area (Å²) < 4.78 is 5.31. The SMILES string of the molecule is Cc1cccc(N2CCN(Cc3ccc4ccc(=O)oc4c3)CC2)c1C. The molecule has 3 aromatic rings. The fourth-order valence-corrected chi connectivity index (χ4v) is 3.69. The van der Waals surface area contributed by atoms with Gasteiger partial charge in [-0.05, 0) is 48.7 Å². The lowest BCUT2D eigenvalue weighted by atomic mass is 10.1. The van der Waals surface area contributed by atoms with Crippen molar-refractivity contribution in [3.8, 4) is 0 Å². The van der Waals surface area contributed by atoms with Gasteiger partial charge in [0.1, 0.15) is 5.58 Å². The molecule has 2 aromatic carbocycles. The van der Waals surface area contributed by atoms with Gasteiger partial charge in [-0.15, -0.1) is 0 Å². The van der Waals surface area contributed by atoms with Gasteiger partial charge in [0.15, 0.2) is 0 Å². The summed E-state index contributed by atoms with van der Waals surface area (Å²) in [5.41, 5.74) is 5.65. The number of aryl methyl sites for hydroxylation is 1. The zero-order chi connectivity index (χ0) is 18.1. The number of rotatable bonds is 3. The van der Waals surface area contributed by atoms with Crippen molar-refractivity contribution in [1.82, 2.24) is 4.90 Å². The van der Waals surface area contributed by atoms with Gasteiger partial charge in [-0.1, -0.05) is 24.3 Å². The van der Waals surface area contributed by atoms with Gasteiger partial charge in [0, 0.05) is 49.9 Å². The molecule has 4 rings (SSSR count). The van der Waals surface area contributed by atoms with Crippen molar-refractivity contribution in [2.75, 3.05) is 31.1 Å². The first-order valence-electron chi connectivity index (χ1n) is 9.16. The van der Waals surface area contributed by atoms with Crippen molar-refractivity contribution in [3.63, 3.8) is 0 Å². The van der Waals surface area contributed by atoms with Crippen LogP contribution in [0.3, 0.4) is 0 Å². The highest BCUT2D eigenvalue weighted by Gasteiger charge is 2.19. The Morgan fingerprint density at radius 2 is 1.73 bits per heavy atom. The molecule has 134 valence electrons. The zero-order valence-corrected chi connectivity index (χ0v) is 15.4. The third kappa shape index (κ3) is 3.37. The normalized spacial score (nSPS) is 15.5. The van der Waals surface area contributed by atoms with Crippen molar-refractivity contribution in [3.05, 3.63) is 75.6 Å². The molecule has 0 aliphatic carbocycles. The molecule has 0 bridgehead atoms. The first-order chi connectivity index (χ1) is 12.6. The van der Waals surface area contributed by atoms with Gasteiger partial charge in [0.2, 0.25) is 0 Å². The van der Waals surface area contributed by atoms with Crippen LogP contribution < -0.4 is 10.5 Å². The third-order valence-electron chi connectivity index (χ3n) is 5.38. The molecular weight excluding hydrogens is 324 g/mol. The van der Waals surface area contributed by atoms with Crippen molar-refractivity contribution >= 4 is 16.7 Å². The summed E-state index contributed by atoms with van der Waals surface area (Å²) in [7, 11) is 0. The van der Waals surface area contributed by atoms with Crippen LogP contribution in [0.4, 0.5) is 5.69 Å². The second kappa shape index (κ2) is 6.96. The zero-order valence-electron chi connectivity index (χ0n) is 15.4. The van der Waals surface area contributed by atoms with E-state index in [1.807, 2.05) is 18.2 Å². The number of hydrogen-bond acceptors (Lipinski definition) is 4. The minimum Gasteiger partial charge on any atom is -0.423 e. The molecule has 1 saturated heterocycles. The number of benzene rings is 2. The Kier molecular flexibility index (Phi) is 4.51. The average molecular weight is 348 g/mol. The summed E-state index contributed by atoms with van der Waals surface area (Å²) in [6, 6.07) is 16.0. The van der Waals surface area contributed by atoms with E-state index in [2.05, 4.69) is 47.9 Å². The molecule has 4 nitrogen and oxygen atoms in total. The molecular formula is C22H24N2O2. The Balaban J connectivity index is 1.44. The number of anilines is 1. The lowest BCUT2D eigenvalue weighted by Gasteiger charge is -2.37. The lowest BCUT2D eigenvalue weighted by Crippen LogP contribution is -2.46. The molecule has 4 heteroatoms. The van der Waals surface area contributed by atoms with E-state index in [4.69, 9.17) is 4.42 Å². The largest absolute Gasteiger partial charge is 0.423 e. The van der Waals surface area contributed by atoms with E-state index < -0.39 is 0 Å². The van der Waals surface area contributed by atoms with Crippen LogP contribution in [0.1, 0.15) is 16.7 Å². The molecule has 1 fully saturated rings. The Morgan fingerprint density at radius 3 is 2.54 bits per heavy atom. The van der Waals surface area contributed by atoms with E-state index in [1.165, 1.54) is 28.4 Å². The fraction of sp³-hybridized carbons (Fsp3) is 0.318. The predicted octanol–water partition coefficient (Wildman–Crippen LogP) is 3.73. The number of fused-ring (bicyclic) bond motifs is 1. The van der Waals surface area contributed by atoms with Crippen LogP contribution in [0.25, 0.3) is 11.0 Å². The van der Waals surface area contributed by atoms with Crippen molar-refractivity contribution in [2.24, 2.45) is 0 Å². The fourth-order valence-electron chi connectivity index (χ4n) is 3.69. The van der Waals surface area contributed by atoms with Gasteiger partial charge in [-0.25, -0.2) is 4.79 Å². The number of hydrogen-bond donors (Lipinski definition) is 0. The molecule has 1 aliphatic heterocycles. The first-order valence-corrected chi connectivity index (χ1v) is 9.16. The Labute approximate surface area is 153 Å². The molecule has 0 atom stereocenters. The second-order valence-electron chi connectivity index (χ2n) is 7.11. The van der Waals surface area contributed by atoms with Crippen molar-refractivity contribution < 1.29 is 4.42 Å². The maximum absolute atomic E-state index is 11.4. The minimum atomic E-state index is -0.295. The molecule has 1 aromatic heterocycles. The summed E-state index contributed by atoms with van der Waals surface area (Å²) in [4.78, 5) is 16.4. The summed E-state index contributed by atoms with van der Waals surface area (Å²) in [6.45, 7) is 9.40. The second-order valence-corrected chi connectivity index (χ2v) is 7.11. The molecule has 0 N–H and O–H groups in total. The lowest BCUT2D eigenvalue weighted by molar-refractivity contribution is 0.250. The standard InChI is InChI=1S/C22H24N2O2/c1-16-4-3-5-20(17(16)2)24-12-10-23(11-13-24)15-18-6-7-19-8-9-22(25)26-21(19)14-18/h3-9,14H,10-13,15H2,1-2H3. The molecule has 26 heavy (non-hydrogen) atoms. The predicted molar refractivity (Wildman–Crippen MR) is 106 cm³/mol. The highest BCUT2D eigenvalue weighted by molar-refractivity contribution is 5.76. The van der Waals surface area contributed by atoms with E-state index in [9.17, 15) is 4.79 Å². The molecule has 1 aliphatic rings. The van der Waals surface area contributed by atoms with E-state index in [0.717, 1.165) is 38.1 Å². The first kappa shape index (κ1) is 16.9.